The molecule has 3 aromatic carbocycles. The van der Waals surface area contributed by atoms with Gasteiger partial charge >= 0.3 is 5.97 Å². The molecule has 0 spiro atoms. The van der Waals surface area contributed by atoms with E-state index >= 15 is 0 Å². The molecule has 0 amide bonds. The minimum Gasteiger partial charge on any atom is -0.426 e. The number of rotatable bonds is 9. The highest BCUT2D eigenvalue weighted by atomic mass is 16.5. The van der Waals surface area contributed by atoms with Crippen molar-refractivity contribution in [2.24, 2.45) is 0 Å². The van der Waals surface area contributed by atoms with E-state index < -0.39 is 0 Å². The van der Waals surface area contributed by atoms with Crippen LogP contribution in [0.5, 0.6) is 5.75 Å². The molecule has 0 aliphatic rings. The topological polar surface area (TPSA) is 84.4 Å². The maximum absolute atomic E-state index is 12.2. The van der Waals surface area contributed by atoms with Gasteiger partial charge in [-0.25, -0.2) is 4.98 Å². The third-order valence-electron chi connectivity index (χ3n) is 5.75. The molecular weight excluding hydrogens is 452 g/mol. The van der Waals surface area contributed by atoms with Crippen molar-refractivity contribution >= 4 is 34.9 Å². The Morgan fingerprint density at radius 1 is 0.972 bits per heavy atom. The van der Waals surface area contributed by atoms with E-state index in [1.807, 2.05) is 92.5 Å². The molecule has 4 aromatic rings. The van der Waals surface area contributed by atoms with Crippen LogP contribution in [0.15, 0.2) is 85.1 Å². The van der Waals surface area contributed by atoms with Crippen LogP contribution < -0.4 is 15.0 Å². The lowest BCUT2D eigenvalue weighted by Gasteiger charge is -2.19. The van der Waals surface area contributed by atoms with E-state index in [0.29, 0.717) is 29.5 Å². The summed E-state index contributed by atoms with van der Waals surface area (Å²) in [7, 11) is 1.91. The molecule has 0 saturated carbocycles. The van der Waals surface area contributed by atoms with Crippen LogP contribution in [-0.4, -0.2) is 28.8 Å². The Labute approximate surface area is 210 Å². The fourth-order valence-corrected chi connectivity index (χ4v) is 3.71. The Morgan fingerprint density at radius 3 is 2.44 bits per heavy atom. The maximum atomic E-state index is 12.2. The molecule has 0 aliphatic heterocycles. The predicted molar refractivity (Wildman–Crippen MR) is 141 cm³/mol. The molecule has 4 rings (SSSR count). The van der Waals surface area contributed by atoms with Crippen LogP contribution in [0.1, 0.15) is 34.8 Å². The first-order chi connectivity index (χ1) is 17.4. The van der Waals surface area contributed by atoms with Gasteiger partial charge in [-0.05, 0) is 60.5 Å². The highest BCUT2D eigenvalue weighted by Crippen LogP contribution is 2.25. The van der Waals surface area contributed by atoms with Gasteiger partial charge in [0, 0.05) is 36.6 Å². The monoisotopic (exact) mass is 480 g/mol. The van der Waals surface area contributed by atoms with Crippen LogP contribution in [0.25, 0.3) is 0 Å². The molecule has 7 heteroatoms. The van der Waals surface area contributed by atoms with Crippen LogP contribution in [0.4, 0.5) is 23.1 Å². The average molecular weight is 481 g/mol. The summed E-state index contributed by atoms with van der Waals surface area (Å²) in [5, 5.41) is 3.20. The number of nitrogens with zero attached hydrogens (tertiary/aromatic N) is 3. The predicted octanol–water partition coefficient (Wildman–Crippen LogP) is 6.04. The van der Waals surface area contributed by atoms with Crippen LogP contribution in [0.3, 0.4) is 0 Å². The average Bonchev–Trinajstić information content (AvgIpc) is 2.90. The van der Waals surface area contributed by atoms with E-state index in [4.69, 9.17) is 4.74 Å². The Bertz CT molecular complexity index is 1350. The van der Waals surface area contributed by atoms with Gasteiger partial charge in [-0.1, -0.05) is 43.3 Å². The van der Waals surface area contributed by atoms with Crippen molar-refractivity contribution in [1.82, 2.24) is 9.97 Å². The number of nitrogens with one attached hydrogen (secondary N) is 1. The number of Topliss-reactive ketones (excluding diaryl/α,β-unsaturated/α-hetero) is 1. The van der Waals surface area contributed by atoms with E-state index in [1.54, 1.807) is 18.3 Å². The van der Waals surface area contributed by atoms with Gasteiger partial charge in [0.1, 0.15) is 11.6 Å². The highest BCUT2D eigenvalue weighted by Gasteiger charge is 2.12. The molecule has 0 unspecified atom stereocenters. The number of hydrogen-bond acceptors (Lipinski definition) is 7. The normalized spacial score (nSPS) is 10.5. The van der Waals surface area contributed by atoms with E-state index in [2.05, 4.69) is 15.3 Å². The van der Waals surface area contributed by atoms with Crippen LogP contribution in [0, 0.1) is 6.92 Å². The Balaban J connectivity index is 1.43. The second-order valence-electron chi connectivity index (χ2n) is 8.36. The number of aryl methyl sites for hydroxylation is 1. The lowest BCUT2D eigenvalue weighted by Crippen LogP contribution is -2.13. The van der Waals surface area contributed by atoms with Gasteiger partial charge in [-0.2, -0.15) is 4.98 Å². The van der Waals surface area contributed by atoms with Crippen molar-refractivity contribution in [3.05, 3.63) is 102 Å². The van der Waals surface area contributed by atoms with Crippen molar-refractivity contribution < 1.29 is 14.3 Å². The second kappa shape index (κ2) is 11.3. The first-order valence-corrected chi connectivity index (χ1v) is 11.7. The summed E-state index contributed by atoms with van der Waals surface area (Å²) < 4.78 is 5.37. The zero-order chi connectivity index (χ0) is 25.5. The largest absolute Gasteiger partial charge is 0.426 e. The number of ether oxygens (including phenoxy) is 1. The maximum Gasteiger partial charge on any atom is 0.315 e. The van der Waals surface area contributed by atoms with E-state index in [1.165, 1.54) is 0 Å². The van der Waals surface area contributed by atoms with Gasteiger partial charge in [0.05, 0.1) is 6.42 Å². The molecule has 182 valence electrons. The lowest BCUT2D eigenvalue weighted by molar-refractivity contribution is -0.133. The zero-order valence-electron chi connectivity index (χ0n) is 20.6. The van der Waals surface area contributed by atoms with Gasteiger partial charge in [0.2, 0.25) is 5.95 Å². The summed E-state index contributed by atoms with van der Waals surface area (Å²) in [6.45, 7) is 3.78. The zero-order valence-corrected chi connectivity index (χ0v) is 20.6. The molecule has 0 bridgehead atoms. The van der Waals surface area contributed by atoms with E-state index in [-0.39, 0.29) is 18.2 Å². The van der Waals surface area contributed by atoms with E-state index in [9.17, 15) is 9.59 Å². The molecule has 1 aromatic heterocycles. The smallest absolute Gasteiger partial charge is 0.315 e. The summed E-state index contributed by atoms with van der Waals surface area (Å²) in [4.78, 5) is 35.3. The van der Waals surface area contributed by atoms with Gasteiger partial charge in [0.15, 0.2) is 5.78 Å². The fourth-order valence-electron chi connectivity index (χ4n) is 3.71. The third kappa shape index (κ3) is 6.13. The number of carbonyl (C=O) groups is 2. The quantitative estimate of drug-likeness (QED) is 0.178. The fraction of sp³-hybridized carbons (Fsp3) is 0.172. The third-order valence-corrected chi connectivity index (χ3v) is 5.75. The van der Waals surface area contributed by atoms with Crippen molar-refractivity contribution in [3.63, 3.8) is 0 Å². The standard InChI is InChI=1S/C29H28N4O3/c1-4-26(34)25-19-22(13-10-20(25)2)31-29-30-17-16-27(32-29)33(3)23-14-11-21(12-15-23)18-28(35)36-24-8-6-5-7-9-24/h5-17,19H,4,18H2,1-3H3,(H,30,31,32). The number of ketones is 1. The molecule has 1 N–H and O–H groups in total. The summed E-state index contributed by atoms with van der Waals surface area (Å²) >= 11 is 0. The van der Waals surface area contributed by atoms with Crippen LogP contribution in [-0.2, 0) is 11.2 Å². The molecule has 1 heterocycles. The second-order valence-corrected chi connectivity index (χ2v) is 8.36. The molecule has 0 aliphatic carbocycles. The number of benzene rings is 3. The van der Waals surface area contributed by atoms with Gasteiger partial charge in [-0.15, -0.1) is 0 Å². The molecule has 0 saturated heterocycles. The molecule has 0 fully saturated rings. The number of hydrogen-bond donors (Lipinski definition) is 1. The van der Waals surface area contributed by atoms with Crippen LogP contribution >= 0.6 is 0 Å². The molecule has 7 nitrogen and oxygen atoms in total. The van der Waals surface area contributed by atoms with Gasteiger partial charge < -0.3 is 15.0 Å². The Kier molecular flexibility index (Phi) is 7.70. The minimum absolute atomic E-state index is 0.0994. The first kappa shape index (κ1) is 24.6. The molecular formula is C29H28N4O3. The summed E-state index contributed by atoms with van der Waals surface area (Å²) in [6, 6.07) is 24.2. The summed E-state index contributed by atoms with van der Waals surface area (Å²) in [5.41, 5.74) is 4.16. The first-order valence-electron chi connectivity index (χ1n) is 11.7. The Morgan fingerprint density at radius 2 is 1.72 bits per heavy atom. The number of carbonyl (C=O) groups excluding carboxylic acids is 2. The lowest BCUT2D eigenvalue weighted by atomic mass is 10.0. The molecule has 0 radical (unpaired) electrons. The number of aromatic nitrogens is 2. The molecule has 36 heavy (non-hydrogen) atoms. The minimum atomic E-state index is -0.311. The van der Waals surface area contributed by atoms with Crippen LogP contribution in [0.2, 0.25) is 0 Å². The number of esters is 1. The van der Waals surface area contributed by atoms with Gasteiger partial charge in [-0.3, -0.25) is 9.59 Å². The van der Waals surface area contributed by atoms with Crippen molar-refractivity contribution in [1.29, 1.82) is 0 Å². The SMILES string of the molecule is CCC(=O)c1cc(Nc2nccc(N(C)c3ccc(CC(=O)Oc4ccccc4)cc3)n2)ccc1C. The van der Waals surface area contributed by atoms with Gasteiger partial charge in [0.25, 0.3) is 0 Å². The van der Waals surface area contributed by atoms with E-state index in [0.717, 1.165) is 22.5 Å². The van der Waals surface area contributed by atoms with Crippen molar-refractivity contribution in [2.45, 2.75) is 26.7 Å². The van der Waals surface area contributed by atoms with Crippen molar-refractivity contribution in [3.8, 4) is 5.75 Å². The summed E-state index contributed by atoms with van der Waals surface area (Å²) in [6.07, 6.45) is 2.31. The van der Waals surface area contributed by atoms with Crippen molar-refractivity contribution in [2.75, 3.05) is 17.3 Å². The number of para-hydroxylation sites is 1. The molecule has 0 atom stereocenters. The Hall–Kier alpha value is -4.52. The highest BCUT2D eigenvalue weighted by molar-refractivity contribution is 5.98. The summed E-state index contributed by atoms with van der Waals surface area (Å²) in [5.74, 6) is 1.45. The number of anilines is 4.